The van der Waals surface area contributed by atoms with Crippen molar-refractivity contribution in [1.29, 1.82) is 0 Å². The zero-order valence-electron chi connectivity index (χ0n) is 12.0. The SMILES string of the molecule is CCC(CCO)CNC(=O)Cc1ccc(OC(F)F)cc1. The number of carbonyl (C=O) groups excluding carboxylic acids is 1. The van der Waals surface area contributed by atoms with E-state index in [0.29, 0.717) is 13.0 Å². The van der Waals surface area contributed by atoms with Gasteiger partial charge in [0.05, 0.1) is 6.42 Å². The molecule has 1 atom stereocenters. The minimum atomic E-state index is -2.85. The number of aliphatic hydroxyl groups is 1. The Kier molecular flexibility index (Phi) is 7.68. The average molecular weight is 301 g/mol. The Hall–Kier alpha value is -1.69. The number of rotatable bonds is 9. The predicted molar refractivity (Wildman–Crippen MR) is 75.3 cm³/mol. The number of nitrogens with one attached hydrogen (secondary N) is 1. The van der Waals surface area contributed by atoms with Crippen LogP contribution in [0.3, 0.4) is 0 Å². The van der Waals surface area contributed by atoms with Crippen LogP contribution in [0, 0.1) is 5.92 Å². The molecule has 0 aromatic heterocycles. The summed E-state index contributed by atoms with van der Waals surface area (Å²) in [5.41, 5.74) is 0.726. The summed E-state index contributed by atoms with van der Waals surface area (Å²) in [6.45, 7) is -0.201. The molecule has 1 rings (SSSR count). The van der Waals surface area contributed by atoms with Crippen LogP contribution in [0.15, 0.2) is 24.3 Å². The number of alkyl halides is 2. The van der Waals surface area contributed by atoms with Gasteiger partial charge in [0.1, 0.15) is 5.75 Å². The summed E-state index contributed by atoms with van der Waals surface area (Å²) in [7, 11) is 0. The molecule has 0 aliphatic carbocycles. The van der Waals surface area contributed by atoms with E-state index in [-0.39, 0.29) is 30.6 Å². The van der Waals surface area contributed by atoms with Gasteiger partial charge in [-0.2, -0.15) is 8.78 Å². The summed E-state index contributed by atoms with van der Waals surface area (Å²) in [4.78, 5) is 11.8. The van der Waals surface area contributed by atoms with Crippen LogP contribution in [0.2, 0.25) is 0 Å². The molecular weight excluding hydrogens is 280 g/mol. The first-order chi connectivity index (χ1) is 10.0. The molecule has 2 N–H and O–H groups in total. The number of benzene rings is 1. The number of halogens is 2. The maximum absolute atomic E-state index is 12.0. The summed E-state index contributed by atoms with van der Waals surface area (Å²) in [6.07, 6.45) is 1.74. The number of ether oxygens (including phenoxy) is 1. The maximum atomic E-state index is 12.0. The van der Waals surface area contributed by atoms with Gasteiger partial charge in [-0.15, -0.1) is 0 Å². The van der Waals surface area contributed by atoms with Gasteiger partial charge in [-0.3, -0.25) is 4.79 Å². The Morgan fingerprint density at radius 2 is 2.00 bits per heavy atom. The third-order valence-corrected chi connectivity index (χ3v) is 3.22. The van der Waals surface area contributed by atoms with Crippen LogP contribution in [-0.2, 0) is 11.2 Å². The quantitative estimate of drug-likeness (QED) is 0.736. The van der Waals surface area contributed by atoms with Crippen molar-refractivity contribution in [3.05, 3.63) is 29.8 Å². The van der Waals surface area contributed by atoms with Crippen LogP contribution in [0.25, 0.3) is 0 Å². The summed E-state index contributed by atoms with van der Waals surface area (Å²) in [5.74, 6) is 0.206. The molecule has 4 nitrogen and oxygen atoms in total. The van der Waals surface area contributed by atoms with Gasteiger partial charge in [0.25, 0.3) is 0 Å². The maximum Gasteiger partial charge on any atom is 0.387 e. The standard InChI is InChI=1S/C15H21F2NO3/c1-2-11(7-8-19)10-18-14(20)9-12-3-5-13(6-4-12)21-15(16)17/h3-6,11,15,19H,2,7-10H2,1H3,(H,18,20). The topological polar surface area (TPSA) is 58.6 Å². The van der Waals surface area contributed by atoms with Crippen molar-refractivity contribution < 1.29 is 23.4 Å². The lowest BCUT2D eigenvalue weighted by molar-refractivity contribution is -0.120. The van der Waals surface area contributed by atoms with Crippen LogP contribution >= 0.6 is 0 Å². The predicted octanol–water partition coefficient (Wildman–Crippen LogP) is 2.36. The molecule has 118 valence electrons. The molecule has 0 fully saturated rings. The molecule has 1 unspecified atom stereocenters. The zero-order valence-corrected chi connectivity index (χ0v) is 12.0. The Morgan fingerprint density at radius 3 is 2.52 bits per heavy atom. The van der Waals surface area contributed by atoms with Crippen LogP contribution in [0.1, 0.15) is 25.3 Å². The third kappa shape index (κ3) is 7.04. The number of amides is 1. The van der Waals surface area contributed by atoms with E-state index in [0.717, 1.165) is 12.0 Å². The first kappa shape index (κ1) is 17.4. The largest absolute Gasteiger partial charge is 0.435 e. The van der Waals surface area contributed by atoms with Crippen LogP contribution in [-0.4, -0.2) is 30.8 Å². The first-order valence-corrected chi connectivity index (χ1v) is 6.96. The highest BCUT2D eigenvalue weighted by atomic mass is 19.3. The van der Waals surface area contributed by atoms with E-state index >= 15 is 0 Å². The lowest BCUT2D eigenvalue weighted by atomic mass is 10.0. The fraction of sp³-hybridized carbons (Fsp3) is 0.533. The minimum Gasteiger partial charge on any atom is -0.435 e. The van der Waals surface area contributed by atoms with E-state index in [1.165, 1.54) is 12.1 Å². The molecule has 0 spiro atoms. The third-order valence-electron chi connectivity index (χ3n) is 3.22. The smallest absolute Gasteiger partial charge is 0.387 e. The Bertz CT molecular complexity index is 423. The second-order valence-corrected chi connectivity index (χ2v) is 4.79. The lowest BCUT2D eigenvalue weighted by Gasteiger charge is -2.14. The fourth-order valence-electron chi connectivity index (χ4n) is 1.93. The van der Waals surface area contributed by atoms with E-state index in [1.807, 2.05) is 6.92 Å². The molecule has 0 saturated carbocycles. The Morgan fingerprint density at radius 1 is 1.33 bits per heavy atom. The van der Waals surface area contributed by atoms with Crippen molar-refractivity contribution >= 4 is 5.91 Å². The van der Waals surface area contributed by atoms with Gasteiger partial charge in [0, 0.05) is 13.2 Å². The van der Waals surface area contributed by atoms with Gasteiger partial charge in [-0.25, -0.2) is 0 Å². The summed E-state index contributed by atoms with van der Waals surface area (Å²) in [6, 6.07) is 6.00. The Labute approximate surface area is 123 Å². The highest BCUT2D eigenvalue weighted by molar-refractivity contribution is 5.78. The molecule has 1 aromatic rings. The summed E-state index contributed by atoms with van der Waals surface area (Å²) >= 11 is 0. The lowest BCUT2D eigenvalue weighted by Crippen LogP contribution is -2.30. The molecule has 21 heavy (non-hydrogen) atoms. The monoisotopic (exact) mass is 301 g/mol. The summed E-state index contributed by atoms with van der Waals surface area (Å²) < 4.78 is 28.2. The average Bonchev–Trinajstić information content (AvgIpc) is 2.45. The number of hydrogen-bond donors (Lipinski definition) is 2. The van der Waals surface area contributed by atoms with Gasteiger partial charge in [0.2, 0.25) is 5.91 Å². The first-order valence-electron chi connectivity index (χ1n) is 6.96. The molecular formula is C15H21F2NO3. The van der Waals surface area contributed by atoms with E-state index in [1.54, 1.807) is 12.1 Å². The van der Waals surface area contributed by atoms with Gasteiger partial charge < -0.3 is 15.2 Å². The van der Waals surface area contributed by atoms with E-state index in [9.17, 15) is 13.6 Å². The molecule has 0 aliphatic heterocycles. The molecule has 0 bridgehead atoms. The van der Waals surface area contributed by atoms with E-state index in [2.05, 4.69) is 10.1 Å². The van der Waals surface area contributed by atoms with Crippen LogP contribution in [0.4, 0.5) is 8.78 Å². The highest BCUT2D eigenvalue weighted by Crippen LogP contribution is 2.15. The van der Waals surface area contributed by atoms with Crippen LogP contribution in [0.5, 0.6) is 5.75 Å². The number of hydrogen-bond acceptors (Lipinski definition) is 3. The van der Waals surface area contributed by atoms with Crippen molar-refractivity contribution in [1.82, 2.24) is 5.32 Å². The molecule has 0 radical (unpaired) electrons. The molecule has 1 aromatic carbocycles. The van der Waals surface area contributed by atoms with Crippen LogP contribution < -0.4 is 10.1 Å². The van der Waals surface area contributed by atoms with Crippen molar-refractivity contribution in [2.45, 2.75) is 32.8 Å². The second-order valence-electron chi connectivity index (χ2n) is 4.79. The normalized spacial score (nSPS) is 12.2. The number of aliphatic hydroxyl groups excluding tert-OH is 1. The van der Waals surface area contributed by atoms with Crippen molar-refractivity contribution in [3.63, 3.8) is 0 Å². The van der Waals surface area contributed by atoms with E-state index < -0.39 is 6.61 Å². The van der Waals surface area contributed by atoms with Crippen molar-refractivity contribution in [2.75, 3.05) is 13.2 Å². The molecule has 0 saturated heterocycles. The molecule has 0 aliphatic rings. The van der Waals surface area contributed by atoms with Crippen molar-refractivity contribution in [2.24, 2.45) is 5.92 Å². The minimum absolute atomic E-state index is 0.0724. The fourth-order valence-corrected chi connectivity index (χ4v) is 1.93. The van der Waals surface area contributed by atoms with Crippen molar-refractivity contribution in [3.8, 4) is 5.75 Å². The van der Waals surface area contributed by atoms with Gasteiger partial charge in [-0.05, 0) is 30.0 Å². The Balaban J connectivity index is 2.40. The molecule has 1 amide bonds. The van der Waals surface area contributed by atoms with Gasteiger partial charge in [0.15, 0.2) is 0 Å². The summed E-state index contributed by atoms with van der Waals surface area (Å²) in [5, 5.41) is 11.7. The zero-order chi connectivity index (χ0) is 15.7. The second kappa shape index (κ2) is 9.28. The molecule has 6 heteroatoms. The molecule has 0 heterocycles. The van der Waals surface area contributed by atoms with Gasteiger partial charge >= 0.3 is 6.61 Å². The number of carbonyl (C=O) groups is 1. The van der Waals surface area contributed by atoms with E-state index in [4.69, 9.17) is 5.11 Å². The van der Waals surface area contributed by atoms with Gasteiger partial charge in [-0.1, -0.05) is 25.5 Å². The highest BCUT2D eigenvalue weighted by Gasteiger charge is 2.09.